The van der Waals surface area contributed by atoms with Gasteiger partial charge in [0.25, 0.3) is 0 Å². The van der Waals surface area contributed by atoms with Crippen molar-refractivity contribution in [1.29, 1.82) is 0 Å². The summed E-state index contributed by atoms with van der Waals surface area (Å²) in [4.78, 5) is 22.3. The Balaban J connectivity index is 2.45. The number of hydrogen-bond acceptors (Lipinski definition) is 3. The summed E-state index contributed by atoms with van der Waals surface area (Å²) in [6, 6.07) is 5.49. The predicted octanol–water partition coefficient (Wildman–Crippen LogP) is 1.93. The maximum absolute atomic E-state index is 11.6. The highest BCUT2D eigenvalue weighted by molar-refractivity contribution is 5.91. The molecule has 0 aliphatic carbocycles. The van der Waals surface area contributed by atoms with Gasteiger partial charge in [0.15, 0.2) is 0 Å². The van der Waals surface area contributed by atoms with E-state index in [1.54, 1.807) is 0 Å². The fourth-order valence-corrected chi connectivity index (χ4v) is 1.42. The highest BCUT2D eigenvalue weighted by Gasteiger charge is 2.08. The number of carboxylic acids is 1. The minimum Gasteiger partial charge on any atom is -0.478 e. The van der Waals surface area contributed by atoms with E-state index in [9.17, 15) is 9.59 Å². The molecular formula is C13H18N2O4. The highest BCUT2D eigenvalue weighted by atomic mass is 16.5. The maximum Gasteiger partial charge on any atom is 0.335 e. The summed E-state index contributed by atoms with van der Waals surface area (Å²) in [5.74, 6) is -0.999. The number of hydrogen-bond donors (Lipinski definition) is 3. The summed E-state index contributed by atoms with van der Waals surface area (Å²) in [7, 11) is 0. The molecule has 0 heterocycles. The third kappa shape index (κ3) is 5.39. The average Bonchev–Trinajstić information content (AvgIpc) is 2.36. The van der Waals surface area contributed by atoms with Crippen LogP contribution in [0, 0.1) is 0 Å². The van der Waals surface area contributed by atoms with Gasteiger partial charge in [0.05, 0.1) is 18.2 Å². The molecule has 3 N–H and O–H groups in total. The van der Waals surface area contributed by atoms with Crippen LogP contribution in [0.1, 0.15) is 24.2 Å². The third-order valence-electron chi connectivity index (χ3n) is 2.34. The molecule has 0 saturated heterocycles. The number of amides is 2. The lowest BCUT2D eigenvalue weighted by atomic mass is 10.2. The number of benzene rings is 1. The zero-order valence-electron chi connectivity index (χ0n) is 11.0. The molecule has 19 heavy (non-hydrogen) atoms. The molecule has 1 atom stereocenters. The number of aromatic carboxylic acids is 1. The second-order valence-electron chi connectivity index (χ2n) is 4.04. The van der Waals surface area contributed by atoms with E-state index in [0.717, 1.165) is 0 Å². The van der Waals surface area contributed by atoms with Gasteiger partial charge in [0.1, 0.15) is 0 Å². The van der Waals surface area contributed by atoms with Crippen molar-refractivity contribution in [2.24, 2.45) is 0 Å². The third-order valence-corrected chi connectivity index (χ3v) is 2.34. The summed E-state index contributed by atoms with van der Waals surface area (Å²) in [6.45, 7) is 4.77. The quantitative estimate of drug-likeness (QED) is 0.734. The molecule has 0 spiro atoms. The molecule has 2 amide bonds. The van der Waals surface area contributed by atoms with Crippen molar-refractivity contribution in [3.63, 3.8) is 0 Å². The lowest BCUT2D eigenvalue weighted by Crippen LogP contribution is -2.38. The van der Waals surface area contributed by atoms with E-state index in [1.807, 2.05) is 13.8 Å². The highest BCUT2D eigenvalue weighted by Crippen LogP contribution is 2.09. The predicted molar refractivity (Wildman–Crippen MR) is 71.5 cm³/mol. The smallest absolute Gasteiger partial charge is 0.335 e. The van der Waals surface area contributed by atoms with Gasteiger partial charge in [-0.3, -0.25) is 0 Å². The molecule has 1 aromatic carbocycles. The summed E-state index contributed by atoms with van der Waals surface area (Å²) >= 11 is 0. The Kier molecular flexibility index (Phi) is 5.81. The van der Waals surface area contributed by atoms with E-state index in [0.29, 0.717) is 18.9 Å². The Hall–Kier alpha value is -2.08. The zero-order valence-corrected chi connectivity index (χ0v) is 11.0. The molecule has 0 fully saturated rings. The van der Waals surface area contributed by atoms with Crippen LogP contribution in [-0.4, -0.2) is 36.4 Å². The number of rotatable bonds is 6. The Labute approximate surface area is 111 Å². The SMILES string of the molecule is CCOCC(C)NC(=O)Nc1ccc(C(=O)O)cc1. The van der Waals surface area contributed by atoms with Gasteiger partial charge in [-0.05, 0) is 38.1 Å². The van der Waals surface area contributed by atoms with Gasteiger partial charge in [-0.25, -0.2) is 9.59 Å². The van der Waals surface area contributed by atoms with E-state index in [2.05, 4.69) is 10.6 Å². The summed E-state index contributed by atoms with van der Waals surface area (Å²) in [5, 5.41) is 14.1. The van der Waals surface area contributed by atoms with E-state index >= 15 is 0 Å². The van der Waals surface area contributed by atoms with Gasteiger partial charge >= 0.3 is 12.0 Å². The van der Waals surface area contributed by atoms with E-state index in [1.165, 1.54) is 24.3 Å². The molecule has 6 nitrogen and oxygen atoms in total. The number of ether oxygens (including phenoxy) is 1. The largest absolute Gasteiger partial charge is 0.478 e. The molecule has 104 valence electrons. The first-order chi connectivity index (χ1) is 9.02. The molecule has 0 bridgehead atoms. The van der Waals surface area contributed by atoms with Crippen molar-refractivity contribution in [1.82, 2.24) is 5.32 Å². The molecule has 0 aliphatic rings. The molecule has 0 radical (unpaired) electrons. The minimum absolute atomic E-state index is 0.0988. The van der Waals surface area contributed by atoms with Crippen molar-refractivity contribution in [3.8, 4) is 0 Å². The van der Waals surface area contributed by atoms with Crippen LogP contribution in [0.5, 0.6) is 0 Å². The molecule has 1 rings (SSSR count). The second kappa shape index (κ2) is 7.38. The number of urea groups is 1. The molecule has 1 unspecified atom stereocenters. The Morgan fingerprint density at radius 2 is 1.95 bits per heavy atom. The number of carbonyl (C=O) groups is 2. The van der Waals surface area contributed by atoms with Crippen LogP contribution in [-0.2, 0) is 4.74 Å². The van der Waals surface area contributed by atoms with E-state index < -0.39 is 5.97 Å². The molecule has 0 aliphatic heterocycles. The van der Waals surface area contributed by atoms with Crippen LogP contribution < -0.4 is 10.6 Å². The maximum atomic E-state index is 11.6. The van der Waals surface area contributed by atoms with Crippen molar-refractivity contribution < 1.29 is 19.4 Å². The lowest BCUT2D eigenvalue weighted by Gasteiger charge is -2.14. The number of nitrogens with one attached hydrogen (secondary N) is 2. The first-order valence-corrected chi connectivity index (χ1v) is 6.01. The van der Waals surface area contributed by atoms with Crippen LogP contribution in [0.15, 0.2) is 24.3 Å². The van der Waals surface area contributed by atoms with Gasteiger partial charge < -0.3 is 20.5 Å². The number of anilines is 1. The van der Waals surface area contributed by atoms with Crippen molar-refractivity contribution in [3.05, 3.63) is 29.8 Å². The van der Waals surface area contributed by atoms with E-state index in [4.69, 9.17) is 9.84 Å². The van der Waals surface area contributed by atoms with Gasteiger partial charge in [0, 0.05) is 12.3 Å². The fraction of sp³-hybridized carbons (Fsp3) is 0.385. The molecule has 6 heteroatoms. The molecule has 0 aromatic heterocycles. The molecular weight excluding hydrogens is 248 g/mol. The Morgan fingerprint density at radius 3 is 2.47 bits per heavy atom. The summed E-state index contributed by atoms with van der Waals surface area (Å²) in [5.41, 5.74) is 0.710. The topological polar surface area (TPSA) is 87.7 Å². The standard InChI is InChI=1S/C13H18N2O4/c1-3-19-8-9(2)14-13(18)15-11-6-4-10(5-7-11)12(16)17/h4-7,9H,3,8H2,1-2H3,(H,16,17)(H2,14,15,18). The first-order valence-electron chi connectivity index (χ1n) is 6.01. The fourth-order valence-electron chi connectivity index (χ4n) is 1.42. The van der Waals surface area contributed by atoms with Gasteiger partial charge in [-0.2, -0.15) is 0 Å². The zero-order chi connectivity index (χ0) is 14.3. The van der Waals surface area contributed by atoms with Crippen LogP contribution in [0.3, 0.4) is 0 Å². The van der Waals surface area contributed by atoms with Crippen LogP contribution >= 0.6 is 0 Å². The van der Waals surface area contributed by atoms with Gasteiger partial charge in [-0.1, -0.05) is 0 Å². The van der Waals surface area contributed by atoms with Crippen LogP contribution in [0.25, 0.3) is 0 Å². The Morgan fingerprint density at radius 1 is 1.32 bits per heavy atom. The second-order valence-corrected chi connectivity index (χ2v) is 4.04. The molecule has 0 saturated carbocycles. The van der Waals surface area contributed by atoms with Crippen molar-refractivity contribution >= 4 is 17.7 Å². The monoisotopic (exact) mass is 266 g/mol. The Bertz CT molecular complexity index is 431. The first kappa shape index (κ1) is 15.0. The molecule has 1 aromatic rings. The lowest BCUT2D eigenvalue weighted by molar-refractivity contribution is 0.0697. The van der Waals surface area contributed by atoms with Gasteiger partial charge in [-0.15, -0.1) is 0 Å². The van der Waals surface area contributed by atoms with Crippen LogP contribution in [0.2, 0.25) is 0 Å². The summed E-state index contributed by atoms with van der Waals surface area (Å²) < 4.78 is 5.18. The normalized spacial score (nSPS) is 11.7. The van der Waals surface area contributed by atoms with Crippen LogP contribution in [0.4, 0.5) is 10.5 Å². The van der Waals surface area contributed by atoms with Crippen molar-refractivity contribution in [2.45, 2.75) is 19.9 Å². The van der Waals surface area contributed by atoms with Gasteiger partial charge in [0.2, 0.25) is 0 Å². The summed E-state index contributed by atoms with van der Waals surface area (Å²) in [6.07, 6.45) is 0. The average molecular weight is 266 g/mol. The van der Waals surface area contributed by atoms with E-state index in [-0.39, 0.29) is 17.6 Å². The number of carbonyl (C=O) groups excluding carboxylic acids is 1. The minimum atomic E-state index is -0.999. The number of carboxylic acid groups (broad SMARTS) is 1. The van der Waals surface area contributed by atoms with Crippen molar-refractivity contribution in [2.75, 3.05) is 18.5 Å².